The summed E-state index contributed by atoms with van der Waals surface area (Å²) in [4.78, 5) is 9.21. The van der Waals surface area contributed by atoms with Crippen molar-refractivity contribution >= 4 is 23.4 Å². The summed E-state index contributed by atoms with van der Waals surface area (Å²) in [7, 11) is 0. The highest BCUT2D eigenvalue weighted by Gasteiger charge is 2.13. The Labute approximate surface area is 155 Å². The molecular weight excluding hydrogens is 332 g/mol. The van der Waals surface area contributed by atoms with Gasteiger partial charge in [-0.05, 0) is 43.9 Å². The number of halogens is 1. The molecule has 0 amide bonds. The number of hydrogen-bond acceptors (Lipinski definition) is 4. The molecule has 25 heavy (non-hydrogen) atoms. The number of hydrogen-bond donors (Lipinski definition) is 2. The summed E-state index contributed by atoms with van der Waals surface area (Å²) >= 11 is 5.93. The maximum absolute atomic E-state index is 5.93. The van der Waals surface area contributed by atoms with Crippen LogP contribution in [0.1, 0.15) is 49.8 Å². The van der Waals surface area contributed by atoms with Crippen LogP contribution in [0.25, 0.3) is 0 Å². The zero-order valence-electron chi connectivity index (χ0n) is 14.9. The summed E-state index contributed by atoms with van der Waals surface area (Å²) in [5, 5.41) is 7.73. The zero-order valence-corrected chi connectivity index (χ0v) is 15.6. The van der Waals surface area contributed by atoms with Gasteiger partial charge in [-0.15, -0.1) is 0 Å². The summed E-state index contributed by atoms with van der Waals surface area (Å²) in [5.41, 5.74) is 2.25. The van der Waals surface area contributed by atoms with Crippen molar-refractivity contribution in [3.05, 3.63) is 46.6 Å². The third-order valence-corrected chi connectivity index (χ3v) is 4.93. The number of anilines is 2. The Bertz CT molecular complexity index is 664. The van der Waals surface area contributed by atoms with E-state index in [4.69, 9.17) is 11.6 Å². The first-order valence-electron chi connectivity index (χ1n) is 9.29. The van der Waals surface area contributed by atoms with Crippen LogP contribution in [0.5, 0.6) is 0 Å². The fourth-order valence-corrected chi connectivity index (χ4v) is 3.44. The zero-order chi connectivity index (χ0) is 17.5. The van der Waals surface area contributed by atoms with Crippen LogP contribution in [0.4, 0.5) is 11.8 Å². The van der Waals surface area contributed by atoms with Crippen LogP contribution in [-0.4, -0.2) is 22.6 Å². The van der Waals surface area contributed by atoms with E-state index in [9.17, 15) is 0 Å². The molecule has 2 N–H and O–H groups in total. The summed E-state index contributed by atoms with van der Waals surface area (Å²) in [6, 6.07) is 10.5. The Morgan fingerprint density at radius 2 is 1.76 bits per heavy atom. The van der Waals surface area contributed by atoms with Crippen LogP contribution in [0.15, 0.2) is 30.3 Å². The Balaban J connectivity index is 1.56. The van der Waals surface area contributed by atoms with Gasteiger partial charge in [0.05, 0.1) is 0 Å². The molecule has 3 rings (SSSR count). The highest BCUT2D eigenvalue weighted by molar-refractivity contribution is 6.30. The Kier molecular flexibility index (Phi) is 6.51. The molecule has 1 fully saturated rings. The molecule has 2 aromatic rings. The molecule has 0 aliphatic heterocycles. The number of aromatic nitrogens is 2. The molecule has 0 saturated heterocycles. The molecular formula is C20H27ClN4. The first-order chi connectivity index (χ1) is 12.2. The molecule has 0 atom stereocenters. The van der Waals surface area contributed by atoms with E-state index in [0.717, 1.165) is 35.4 Å². The molecule has 1 aliphatic carbocycles. The molecule has 1 aromatic heterocycles. The molecule has 1 aliphatic rings. The van der Waals surface area contributed by atoms with Crippen LogP contribution in [0.2, 0.25) is 5.02 Å². The van der Waals surface area contributed by atoms with Crippen molar-refractivity contribution in [1.82, 2.24) is 9.97 Å². The van der Waals surface area contributed by atoms with Crippen LogP contribution < -0.4 is 10.6 Å². The standard InChI is InChI=1S/C20H27ClN4/c1-15-14-19(22-13-12-16-8-10-17(21)11-9-16)25-20(23-15)24-18-6-4-2-3-5-7-18/h8-11,14,18H,2-7,12-13H2,1H3,(H2,22,23,24,25). The molecule has 1 saturated carbocycles. The van der Waals surface area contributed by atoms with Gasteiger partial charge >= 0.3 is 0 Å². The van der Waals surface area contributed by atoms with E-state index in [1.807, 2.05) is 25.1 Å². The average Bonchev–Trinajstić information content (AvgIpc) is 2.85. The summed E-state index contributed by atoms with van der Waals surface area (Å²) in [6.45, 7) is 2.85. The fourth-order valence-electron chi connectivity index (χ4n) is 3.32. The first kappa shape index (κ1) is 18.0. The van der Waals surface area contributed by atoms with Gasteiger partial charge in [0.25, 0.3) is 0 Å². The van der Waals surface area contributed by atoms with Crippen molar-refractivity contribution in [2.45, 2.75) is 57.9 Å². The molecule has 0 radical (unpaired) electrons. The third-order valence-electron chi connectivity index (χ3n) is 4.68. The van der Waals surface area contributed by atoms with E-state index in [2.05, 4.69) is 32.7 Å². The number of rotatable bonds is 6. The third kappa shape index (κ3) is 5.89. The maximum Gasteiger partial charge on any atom is 0.225 e. The van der Waals surface area contributed by atoms with Gasteiger partial charge in [0.2, 0.25) is 5.95 Å². The van der Waals surface area contributed by atoms with Gasteiger partial charge in [-0.2, -0.15) is 4.98 Å². The lowest BCUT2D eigenvalue weighted by atomic mass is 10.1. The topological polar surface area (TPSA) is 49.8 Å². The SMILES string of the molecule is Cc1cc(NCCc2ccc(Cl)cc2)nc(NC2CCCCCC2)n1. The smallest absolute Gasteiger partial charge is 0.225 e. The highest BCUT2D eigenvalue weighted by Crippen LogP contribution is 2.20. The van der Waals surface area contributed by atoms with E-state index < -0.39 is 0 Å². The minimum absolute atomic E-state index is 0.506. The number of aryl methyl sites for hydroxylation is 1. The van der Waals surface area contributed by atoms with Crippen molar-refractivity contribution in [2.24, 2.45) is 0 Å². The Morgan fingerprint density at radius 3 is 2.48 bits per heavy atom. The molecule has 4 nitrogen and oxygen atoms in total. The van der Waals surface area contributed by atoms with Gasteiger partial charge in [-0.25, -0.2) is 4.98 Å². The second-order valence-corrected chi connectivity index (χ2v) is 7.29. The monoisotopic (exact) mass is 358 g/mol. The lowest BCUT2D eigenvalue weighted by molar-refractivity contribution is 0.614. The molecule has 0 bridgehead atoms. The minimum atomic E-state index is 0.506. The van der Waals surface area contributed by atoms with Gasteiger partial charge in [0.1, 0.15) is 5.82 Å². The molecule has 0 unspecified atom stereocenters. The number of nitrogens with one attached hydrogen (secondary N) is 2. The predicted molar refractivity (Wildman–Crippen MR) is 106 cm³/mol. The van der Waals surface area contributed by atoms with Gasteiger partial charge in [0, 0.05) is 29.4 Å². The Morgan fingerprint density at radius 1 is 1.04 bits per heavy atom. The second-order valence-electron chi connectivity index (χ2n) is 6.85. The molecule has 0 spiro atoms. The van der Waals surface area contributed by atoms with E-state index >= 15 is 0 Å². The predicted octanol–water partition coefficient (Wildman–Crippen LogP) is 5.23. The largest absolute Gasteiger partial charge is 0.370 e. The minimum Gasteiger partial charge on any atom is -0.370 e. The summed E-state index contributed by atoms with van der Waals surface area (Å²) in [5.74, 6) is 1.64. The average molecular weight is 359 g/mol. The summed E-state index contributed by atoms with van der Waals surface area (Å²) < 4.78 is 0. The van der Waals surface area contributed by atoms with E-state index in [1.54, 1.807) is 0 Å². The van der Waals surface area contributed by atoms with Crippen LogP contribution in [-0.2, 0) is 6.42 Å². The second kappa shape index (κ2) is 9.04. The maximum atomic E-state index is 5.93. The van der Waals surface area contributed by atoms with E-state index in [1.165, 1.54) is 44.1 Å². The quantitative estimate of drug-likeness (QED) is 0.694. The highest BCUT2D eigenvalue weighted by atomic mass is 35.5. The van der Waals surface area contributed by atoms with Crippen molar-refractivity contribution in [2.75, 3.05) is 17.2 Å². The van der Waals surface area contributed by atoms with Crippen LogP contribution in [0.3, 0.4) is 0 Å². The molecule has 5 heteroatoms. The van der Waals surface area contributed by atoms with Crippen molar-refractivity contribution in [1.29, 1.82) is 0 Å². The first-order valence-corrected chi connectivity index (χ1v) is 9.67. The van der Waals surface area contributed by atoms with E-state index in [0.29, 0.717) is 6.04 Å². The normalized spacial score (nSPS) is 15.6. The van der Waals surface area contributed by atoms with Gasteiger partial charge < -0.3 is 10.6 Å². The fraction of sp³-hybridized carbons (Fsp3) is 0.500. The van der Waals surface area contributed by atoms with Gasteiger partial charge in [-0.1, -0.05) is 49.4 Å². The van der Waals surface area contributed by atoms with Crippen molar-refractivity contribution in [3.8, 4) is 0 Å². The van der Waals surface area contributed by atoms with Gasteiger partial charge in [0.15, 0.2) is 0 Å². The summed E-state index contributed by atoms with van der Waals surface area (Å²) in [6.07, 6.45) is 8.68. The molecule has 1 heterocycles. The van der Waals surface area contributed by atoms with Crippen LogP contribution in [0, 0.1) is 6.92 Å². The lowest BCUT2D eigenvalue weighted by Crippen LogP contribution is -2.20. The van der Waals surface area contributed by atoms with Crippen molar-refractivity contribution in [3.63, 3.8) is 0 Å². The molecule has 134 valence electrons. The molecule has 1 aromatic carbocycles. The lowest BCUT2D eigenvalue weighted by Gasteiger charge is -2.17. The van der Waals surface area contributed by atoms with Gasteiger partial charge in [-0.3, -0.25) is 0 Å². The number of benzene rings is 1. The Hall–Kier alpha value is -1.81. The van der Waals surface area contributed by atoms with E-state index in [-0.39, 0.29) is 0 Å². The number of nitrogens with zero attached hydrogens (tertiary/aromatic N) is 2. The van der Waals surface area contributed by atoms with Crippen LogP contribution >= 0.6 is 11.6 Å². The van der Waals surface area contributed by atoms with Crippen molar-refractivity contribution < 1.29 is 0 Å².